The van der Waals surface area contributed by atoms with Gasteiger partial charge in [0, 0.05) is 5.69 Å². The van der Waals surface area contributed by atoms with E-state index >= 15 is 0 Å². The van der Waals surface area contributed by atoms with E-state index in [1.54, 1.807) is 19.1 Å². The van der Waals surface area contributed by atoms with Gasteiger partial charge in [-0.15, -0.1) is 12.4 Å². The molecule has 1 rings (SSSR count). The molecule has 1 unspecified atom stereocenters. The molecule has 23 heavy (non-hydrogen) atoms. The van der Waals surface area contributed by atoms with Crippen molar-refractivity contribution in [3.8, 4) is 5.75 Å². The number of halogens is 2. The number of esters is 1. The number of carbonyl (C=O) groups is 2. The first-order valence-electron chi connectivity index (χ1n) is 6.89. The molecule has 3 N–H and O–H groups in total. The molecule has 0 aliphatic heterocycles. The fraction of sp³-hybridized carbons (Fsp3) is 0.467. The summed E-state index contributed by atoms with van der Waals surface area (Å²) in [6.45, 7) is 3.41. The van der Waals surface area contributed by atoms with E-state index in [2.05, 4.69) is 10.1 Å². The van der Waals surface area contributed by atoms with E-state index in [1.807, 2.05) is 6.92 Å². The Morgan fingerprint density at radius 1 is 1.39 bits per heavy atom. The van der Waals surface area contributed by atoms with Crippen LogP contribution in [0.15, 0.2) is 18.2 Å². The van der Waals surface area contributed by atoms with E-state index in [0.717, 1.165) is 6.42 Å². The summed E-state index contributed by atoms with van der Waals surface area (Å²) in [5.41, 5.74) is 5.53. The number of nitrogens with one attached hydrogen (secondary N) is 1. The van der Waals surface area contributed by atoms with Crippen LogP contribution in [0.4, 0.5) is 5.69 Å². The van der Waals surface area contributed by atoms with Crippen molar-refractivity contribution in [3.63, 3.8) is 0 Å². The standard InChI is InChI=1S/C15H21ClN2O4.ClH/c1-4-7-15(2,17)14(20)18-10-5-6-12(11(16)8-10)22-9-13(19)21-3;/h5-6,8H,4,7,9,17H2,1-3H3,(H,18,20);1H. The molecule has 1 aromatic carbocycles. The van der Waals surface area contributed by atoms with Crippen LogP contribution in [0, 0.1) is 0 Å². The first kappa shape index (κ1) is 21.5. The van der Waals surface area contributed by atoms with Crippen molar-refractivity contribution < 1.29 is 19.1 Å². The number of ether oxygens (including phenoxy) is 2. The van der Waals surface area contributed by atoms with E-state index in [1.165, 1.54) is 13.2 Å². The lowest BCUT2D eigenvalue weighted by Gasteiger charge is -2.23. The molecule has 0 saturated heterocycles. The van der Waals surface area contributed by atoms with Crippen LogP contribution in [-0.2, 0) is 14.3 Å². The van der Waals surface area contributed by atoms with Crippen LogP contribution in [-0.4, -0.2) is 31.1 Å². The van der Waals surface area contributed by atoms with E-state index in [9.17, 15) is 9.59 Å². The topological polar surface area (TPSA) is 90.7 Å². The summed E-state index contributed by atoms with van der Waals surface area (Å²) in [6.07, 6.45) is 1.38. The fourth-order valence-electron chi connectivity index (χ4n) is 1.80. The zero-order valence-corrected chi connectivity index (χ0v) is 14.9. The summed E-state index contributed by atoms with van der Waals surface area (Å²) in [7, 11) is 1.27. The second-order valence-electron chi connectivity index (χ2n) is 5.13. The molecule has 0 bridgehead atoms. The number of benzene rings is 1. The first-order valence-corrected chi connectivity index (χ1v) is 7.27. The van der Waals surface area contributed by atoms with Gasteiger partial charge in [0.15, 0.2) is 6.61 Å². The van der Waals surface area contributed by atoms with Gasteiger partial charge < -0.3 is 20.5 Å². The highest BCUT2D eigenvalue weighted by Gasteiger charge is 2.27. The second-order valence-corrected chi connectivity index (χ2v) is 5.54. The molecular weight excluding hydrogens is 343 g/mol. The van der Waals surface area contributed by atoms with Crippen LogP contribution in [0.1, 0.15) is 26.7 Å². The van der Waals surface area contributed by atoms with Crippen LogP contribution in [0.5, 0.6) is 5.75 Å². The molecule has 1 aromatic rings. The van der Waals surface area contributed by atoms with Crippen LogP contribution in [0.2, 0.25) is 5.02 Å². The number of amides is 1. The largest absolute Gasteiger partial charge is 0.480 e. The van der Waals surface area contributed by atoms with Crippen LogP contribution < -0.4 is 15.8 Å². The summed E-state index contributed by atoms with van der Waals surface area (Å²) >= 11 is 6.06. The number of carbonyl (C=O) groups excluding carboxylic acids is 2. The lowest BCUT2D eigenvalue weighted by Crippen LogP contribution is -2.48. The van der Waals surface area contributed by atoms with Crippen molar-refractivity contribution in [1.29, 1.82) is 0 Å². The van der Waals surface area contributed by atoms with Crippen LogP contribution >= 0.6 is 24.0 Å². The van der Waals surface area contributed by atoms with Crippen LogP contribution in [0.3, 0.4) is 0 Å². The average Bonchev–Trinajstić information content (AvgIpc) is 2.45. The van der Waals surface area contributed by atoms with Crippen LogP contribution in [0.25, 0.3) is 0 Å². The van der Waals surface area contributed by atoms with Gasteiger partial charge in [-0.3, -0.25) is 4.79 Å². The smallest absolute Gasteiger partial charge is 0.343 e. The fourth-order valence-corrected chi connectivity index (χ4v) is 2.03. The lowest BCUT2D eigenvalue weighted by molar-refractivity contribution is -0.142. The van der Waals surface area contributed by atoms with Crippen molar-refractivity contribution in [2.24, 2.45) is 5.73 Å². The Morgan fingerprint density at radius 2 is 2.04 bits per heavy atom. The Morgan fingerprint density at radius 3 is 2.57 bits per heavy atom. The molecule has 0 spiro atoms. The number of nitrogens with two attached hydrogens (primary N) is 1. The van der Waals surface area contributed by atoms with Gasteiger partial charge in [-0.05, 0) is 31.5 Å². The molecular formula is C15H22Cl2N2O4. The van der Waals surface area contributed by atoms with Gasteiger partial charge >= 0.3 is 5.97 Å². The quantitative estimate of drug-likeness (QED) is 0.725. The van der Waals surface area contributed by atoms with Gasteiger partial charge in [0.2, 0.25) is 5.91 Å². The van der Waals surface area contributed by atoms with Crippen molar-refractivity contribution in [2.75, 3.05) is 19.0 Å². The van der Waals surface area contributed by atoms with E-state index < -0.39 is 11.5 Å². The molecule has 0 aliphatic rings. The summed E-state index contributed by atoms with van der Waals surface area (Å²) in [4.78, 5) is 23.1. The predicted octanol–water partition coefficient (Wildman–Crippen LogP) is 2.77. The second kappa shape index (κ2) is 9.60. The summed E-state index contributed by atoms with van der Waals surface area (Å²) in [6, 6.07) is 4.72. The van der Waals surface area contributed by atoms with Crippen molar-refractivity contribution in [2.45, 2.75) is 32.2 Å². The van der Waals surface area contributed by atoms with Crippen molar-refractivity contribution >= 4 is 41.6 Å². The maximum absolute atomic E-state index is 12.1. The van der Waals surface area contributed by atoms with Gasteiger partial charge in [-0.2, -0.15) is 0 Å². The van der Waals surface area contributed by atoms with Gasteiger partial charge in [-0.25, -0.2) is 4.79 Å². The Hall–Kier alpha value is -1.50. The highest BCUT2D eigenvalue weighted by molar-refractivity contribution is 6.32. The maximum atomic E-state index is 12.1. The van der Waals surface area contributed by atoms with E-state index in [-0.39, 0.29) is 29.9 Å². The zero-order valence-electron chi connectivity index (χ0n) is 13.3. The number of hydrogen-bond acceptors (Lipinski definition) is 5. The minimum absolute atomic E-state index is 0. The third-order valence-corrected chi connectivity index (χ3v) is 3.35. The number of rotatable bonds is 7. The van der Waals surface area contributed by atoms with E-state index in [0.29, 0.717) is 17.9 Å². The minimum Gasteiger partial charge on any atom is -0.480 e. The summed E-state index contributed by atoms with van der Waals surface area (Å²) in [5, 5.41) is 2.99. The molecule has 0 radical (unpaired) electrons. The Bertz CT molecular complexity index is 550. The highest BCUT2D eigenvalue weighted by atomic mass is 35.5. The number of anilines is 1. The molecule has 0 saturated carbocycles. The molecule has 1 atom stereocenters. The van der Waals surface area contributed by atoms with E-state index in [4.69, 9.17) is 22.1 Å². The average molecular weight is 365 g/mol. The lowest BCUT2D eigenvalue weighted by atomic mass is 9.96. The summed E-state index contributed by atoms with van der Waals surface area (Å²) < 4.78 is 9.68. The van der Waals surface area contributed by atoms with Crippen molar-refractivity contribution in [1.82, 2.24) is 0 Å². The van der Waals surface area contributed by atoms with Gasteiger partial charge in [0.1, 0.15) is 5.75 Å². The molecule has 1 amide bonds. The summed E-state index contributed by atoms with van der Waals surface area (Å²) in [5.74, 6) is -0.463. The van der Waals surface area contributed by atoms with Gasteiger partial charge in [-0.1, -0.05) is 24.9 Å². The highest BCUT2D eigenvalue weighted by Crippen LogP contribution is 2.28. The molecule has 0 heterocycles. The minimum atomic E-state index is -0.943. The zero-order chi connectivity index (χ0) is 16.8. The predicted molar refractivity (Wildman–Crippen MR) is 92.3 cm³/mol. The molecule has 8 heteroatoms. The third-order valence-electron chi connectivity index (χ3n) is 3.05. The first-order chi connectivity index (χ1) is 10.3. The maximum Gasteiger partial charge on any atom is 0.343 e. The molecule has 0 aliphatic carbocycles. The monoisotopic (exact) mass is 364 g/mol. The molecule has 130 valence electrons. The molecule has 0 aromatic heterocycles. The Balaban J connectivity index is 0.00000484. The normalized spacial score (nSPS) is 12.6. The van der Waals surface area contributed by atoms with Crippen molar-refractivity contribution in [3.05, 3.63) is 23.2 Å². The number of methoxy groups -OCH3 is 1. The van der Waals surface area contributed by atoms with Gasteiger partial charge in [0.05, 0.1) is 17.7 Å². The molecule has 6 nitrogen and oxygen atoms in total. The Kier molecular flexibility index (Phi) is 8.97. The van der Waals surface area contributed by atoms with Gasteiger partial charge in [0.25, 0.3) is 0 Å². The third kappa shape index (κ3) is 6.64. The Labute approximate surface area is 147 Å². The number of hydrogen-bond donors (Lipinski definition) is 2. The SMILES string of the molecule is CCCC(C)(N)C(=O)Nc1ccc(OCC(=O)OC)c(Cl)c1.Cl. The molecule has 0 fully saturated rings.